The van der Waals surface area contributed by atoms with Crippen molar-refractivity contribution < 1.29 is 19.1 Å². The third-order valence-corrected chi connectivity index (χ3v) is 3.52. The molecule has 1 rings (SSSR count). The topological polar surface area (TPSA) is 52.6 Å². The van der Waals surface area contributed by atoms with Crippen LogP contribution in [0, 0.1) is 3.57 Å². The molecular formula is C13H15IO4. The first kappa shape index (κ1) is 14.9. The van der Waals surface area contributed by atoms with Crippen molar-refractivity contribution in [1.82, 2.24) is 0 Å². The van der Waals surface area contributed by atoms with Crippen LogP contribution in [0.3, 0.4) is 0 Å². The lowest BCUT2D eigenvalue weighted by molar-refractivity contribution is -0.145. The van der Waals surface area contributed by atoms with Crippen LogP contribution in [-0.2, 0) is 20.7 Å². The van der Waals surface area contributed by atoms with E-state index in [9.17, 15) is 9.59 Å². The molecule has 5 heteroatoms. The summed E-state index contributed by atoms with van der Waals surface area (Å²) in [5.74, 6) is 0.108. The first-order valence-electron chi connectivity index (χ1n) is 5.57. The van der Waals surface area contributed by atoms with Crippen LogP contribution in [0.2, 0.25) is 0 Å². The Morgan fingerprint density at radius 3 is 2.67 bits per heavy atom. The zero-order valence-electron chi connectivity index (χ0n) is 10.4. The minimum absolute atomic E-state index is 0.153. The molecule has 0 fully saturated rings. The van der Waals surface area contributed by atoms with Crippen molar-refractivity contribution in [2.45, 2.75) is 19.8 Å². The summed E-state index contributed by atoms with van der Waals surface area (Å²) in [6.07, 6.45) is 0.0371. The number of Topliss-reactive ketones (excluding diaryl/α,β-unsaturated/α-hetero) is 1. The quantitative estimate of drug-likeness (QED) is 0.443. The monoisotopic (exact) mass is 362 g/mol. The number of hydrogen-bond donors (Lipinski definition) is 0. The van der Waals surface area contributed by atoms with Crippen LogP contribution in [0.15, 0.2) is 18.2 Å². The summed E-state index contributed by atoms with van der Waals surface area (Å²) in [7, 11) is 1.59. The lowest BCUT2D eigenvalue weighted by atomic mass is 10.1. The Bertz CT molecular complexity index is 443. The van der Waals surface area contributed by atoms with Crippen molar-refractivity contribution in [2.75, 3.05) is 13.7 Å². The molecule has 0 saturated carbocycles. The highest BCUT2D eigenvalue weighted by Crippen LogP contribution is 2.24. The number of hydrogen-bond acceptors (Lipinski definition) is 4. The Hall–Kier alpha value is -1.11. The molecule has 4 nitrogen and oxygen atoms in total. The van der Waals surface area contributed by atoms with Crippen LogP contribution in [0.25, 0.3) is 0 Å². The lowest BCUT2D eigenvalue weighted by Gasteiger charge is -2.08. The molecule has 0 aliphatic rings. The van der Waals surface area contributed by atoms with E-state index in [0.29, 0.717) is 6.61 Å². The smallest absolute Gasteiger partial charge is 0.313 e. The molecule has 0 heterocycles. The van der Waals surface area contributed by atoms with E-state index in [4.69, 9.17) is 9.47 Å². The molecule has 0 aliphatic heterocycles. The van der Waals surface area contributed by atoms with Crippen molar-refractivity contribution >= 4 is 34.3 Å². The van der Waals surface area contributed by atoms with E-state index in [1.807, 2.05) is 18.2 Å². The number of esters is 1. The fraction of sp³-hybridized carbons (Fsp3) is 0.385. The first-order chi connectivity index (χ1) is 8.58. The summed E-state index contributed by atoms with van der Waals surface area (Å²) in [4.78, 5) is 22.9. The molecule has 0 bridgehead atoms. The van der Waals surface area contributed by atoms with Gasteiger partial charge in [0.15, 0.2) is 0 Å². The summed E-state index contributed by atoms with van der Waals surface area (Å²) in [6, 6.07) is 5.52. The Balaban J connectivity index is 2.67. The van der Waals surface area contributed by atoms with E-state index in [0.717, 1.165) is 14.9 Å². The Morgan fingerprint density at radius 2 is 2.06 bits per heavy atom. The van der Waals surface area contributed by atoms with Gasteiger partial charge in [0.1, 0.15) is 18.0 Å². The third kappa shape index (κ3) is 4.29. The third-order valence-electron chi connectivity index (χ3n) is 2.30. The number of methoxy groups -OCH3 is 1. The van der Waals surface area contributed by atoms with Gasteiger partial charge in [0.2, 0.25) is 0 Å². The lowest BCUT2D eigenvalue weighted by Crippen LogP contribution is -2.13. The number of halogens is 1. The van der Waals surface area contributed by atoms with Crippen LogP contribution in [0.1, 0.15) is 18.9 Å². The molecule has 18 heavy (non-hydrogen) atoms. The van der Waals surface area contributed by atoms with Crippen molar-refractivity contribution in [3.63, 3.8) is 0 Å². The molecule has 1 aromatic carbocycles. The van der Waals surface area contributed by atoms with E-state index in [1.54, 1.807) is 14.0 Å². The van der Waals surface area contributed by atoms with Gasteiger partial charge in [-0.2, -0.15) is 0 Å². The number of ether oxygens (including phenoxy) is 2. The molecule has 0 aromatic heterocycles. The summed E-state index contributed by atoms with van der Waals surface area (Å²) in [5, 5.41) is 0. The molecule has 0 amide bonds. The van der Waals surface area contributed by atoms with Crippen molar-refractivity contribution in [3.05, 3.63) is 27.3 Å². The van der Waals surface area contributed by atoms with Crippen molar-refractivity contribution in [1.29, 1.82) is 0 Å². The minimum atomic E-state index is -0.472. The van der Waals surface area contributed by atoms with Gasteiger partial charge in [-0.15, -0.1) is 0 Å². The van der Waals surface area contributed by atoms with Crippen LogP contribution in [0.5, 0.6) is 5.75 Å². The number of ketones is 1. The molecule has 1 aromatic rings. The molecule has 0 unspecified atom stereocenters. The maximum absolute atomic E-state index is 11.7. The van der Waals surface area contributed by atoms with Gasteiger partial charge in [-0.1, -0.05) is 12.1 Å². The summed E-state index contributed by atoms with van der Waals surface area (Å²) in [5.41, 5.74) is 0.865. The fourth-order valence-electron chi connectivity index (χ4n) is 1.50. The number of carbonyl (C=O) groups excluding carboxylic acids is 2. The van der Waals surface area contributed by atoms with Gasteiger partial charge in [-0.05, 0) is 41.1 Å². The van der Waals surface area contributed by atoms with E-state index >= 15 is 0 Å². The predicted molar refractivity (Wildman–Crippen MR) is 75.7 cm³/mol. The number of carbonyl (C=O) groups is 2. The van der Waals surface area contributed by atoms with E-state index in [1.165, 1.54) is 0 Å². The van der Waals surface area contributed by atoms with E-state index in [2.05, 4.69) is 22.6 Å². The van der Waals surface area contributed by atoms with Gasteiger partial charge >= 0.3 is 5.97 Å². The first-order valence-corrected chi connectivity index (χ1v) is 6.65. The zero-order chi connectivity index (χ0) is 13.5. The Morgan fingerprint density at radius 1 is 1.33 bits per heavy atom. The maximum Gasteiger partial charge on any atom is 0.313 e. The van der Waals surface area contributed by atoms with Crippen molar-refractivity contribution in [2.24, 2.45) is 0 Å². The average Bonchev–Trinajstić information content (AvgIpc) is 2.32. The molecule has 98 valence electrons. The van der Waals surface area contributed by atoms with Crippen LogP contribution in [0.4, 0.5) is 0 Å². The summed E-state index contributed by atoms with van der Waals surface area (Å²) in [6.45, 7) is 2.01. The molecule has 0 N–H and O–H groups in total. The predicted octanol–water partition coefficient (Wildman–Crippen LogP) is 2.36. The minimum Gasteiger partial charge on any atom is -0.496 e. The van der Waals surface area contributed by atoms with Crippen LogP contribution < -0.4 is 4.74 Å². The highest BCUT2D eigenvalue weighted by atomic mass is 127. The average molecular weight is 362 g/mol. The molecule has 0 spiro atoms. The SMILES string of the molecule is CCOC(=O)CC(=O)Cc1cccc(OC)c1I. The van der Waals surface area contributed by atoms with Crippen molar-refractivity contribution in [3.8, 4) is 5.75 Å². The largest absolute Gasteiger partial charge is 0.496 e. The zero-order valence-corrected chi connectivity index (χ0v) is 12.5. The van der Waals surface area contributed by atoms with Gasteiger partial charge < -0.3 is 9.47 Å². The Kier molecular flexibility index (Phi) is 6.11. The normalized spacial score (nSPS) is 9.94. The Labute approximate surface area is 120 Å². The van der Waals surface area contributed by atoms with E-state index in [-0.39, 0.29) is 18.6 Å². The second-order valence-corrected chi connectivity index (χ2v) is 4.71. The molecule has 0 atom stereocenters. The molecular weight excluding hydrogens is 347 g/mol. The maximum atomic E-state index is 11.7. The fourth-order valence-corrected chi connectivity index (χ4v) is 2.27. The molecule has 0 aliphatic carbocycles. The highest BCUT2D eigenvalue weighted by molar-refractivity contribution is 14.1. The van der Waals surface area contributed by atoms with Crippen LogP contribution in [-0.4, -0.2) is 25.5 Å². The summed E-state index contributed by atoms with van der Waals surface area (Å²) < 4.78 is 10.8. The molecule has 0 radical (unpaired) electrons. The number of rotatable bonds is 6. The number of benzene rings is 1. The highest BCUT2D eigenvalue weighted by Gasteiger charge is 2.14. The van der Waals surface area contributed by atoms with Gasteiger partial charge in [-0.25, -0.2) is 0 Å². The van der Waals surface area contributed by atoms with Gasteiger partial charge in [0.25, 0.3) is 0 Å². The second kappa shape index (κ2) is 7.35. The van der Waals surface area contributed by atoms with Gasteiger partial charge in [0.05, 0.1) is 17.3 Å². The second-order valence-electron chi connectivity index (χ2n) is 3.63. The van der Waals surface area contributed by atoms with Gasteiger partial charge in [-0.3, -0.25) is 9.59 Å². The van der Waals surface area contributed by atoms with Crippen LogP contribution >= 0.6 is 22.6 Å². The standard InChI is InChI=1S/C13H15IO4/c1-3-18-12(16)8-10(15)7-9-5-4-6-11(17-2)13(9)14/h4-6H,3,7-8H2,1-2H3. The van der Waals surface area contributed by atoms with E-state index < -0.39 is 5.97 Å². The molecule has 0 saturated heterocycles. The summed E-state index contributed by atoms with van der Waals surface area (Å²) >= 11 is 2.13. The van der Waals surface area contributed by atoms with Gasteiger partial charge in [0, 0.05) is 6.42 Å².